The number of rotatable bonds is 5. The normalized spacial score (nSPS) is 26.3. The quantitative estimate of drug-likeness (QED) is 0.366. The molecule has 3 heterocycles. The van der Waals surface area contributed by atoms with Gasteiger partial charge in [0.25, 0.3) is 0 Å². The van der Waals surface area contributed by atoms with E-state index in [0.29, 0.717) is 25.2 Å². The SMILES string of the molecule is CCC1N=C2C(C(F)(F)F)=CC=CN2C1Cc1ccc(N2CCC(C3C=CC(C(F)(F)F)=CC3)CC2)cc1. The third-order valence-electron chi connectivity index (χ3n) is 8.16. The van der Waals surface area contributed by atoms with E-state index < -0.39 is 23.5 Å². The van der Waals surface area contributed by atoms with E-state index in [0.717, 1.165) is 43.3 Å². The maximum atomic E-state index is 13.5. The van der Waals surface area contributed by atoms with Crippen molar-refractivity contribution in [3.05, 3.63) is 77.6 Å². The molecule has 1 fully saturated rings. The van der Waals surface area contributed by atoms with E-state index in [-0.39, 0.29) is 23.8 Å². The van der Waals surface area contributed by atoms with Crippen LogP contribution < -0.4 is 4.90 Å². The molecule has 0 saturated carbocycles. The molecule has 5 rings (SSSR count). The highest BCUT2D eigenvalue weighted by Crippen LogP contribution is 2.38. The molecule has 0 amide bonds. The zero-order valence-corrected chi connectivity index (χ0v) is 21.1. The minimum Gasteiger partial charge on any atom is -0.372 e. The van der Waals surface area contributed by atoms with E-state index in [1.807, 2.05) is 19.1 Å². The predicted molar refractivity (Wildman–Crippen MR) is 137 cm³/mol. The van der Waals surface area contributed by atoms with Gasteiger partial charge in [-0.1, -0.05) is 37.3 Å². The molecule has 204 valence electrons. The Labute approximate surface area is 218 Å². The van der Waals surface area contributed by atoms with Crippen LogP contribution >= 0.6 is 0 Å². The molecule has 0 bridgehead atoms. The second-order valence-corrected chi connectivity index (χ2v) is 10.4. The van der Waals surface area contributed by atoms with Crippen molar-refractivity contribution in [1.82, 2.24) is 4.90 Å². The number of allylic oxidation sites excluding steroid dienone is 6. The third-order valence-corrected chi connectivity index (χ3v) is 8.16. The van der Waals surface area contributed by atoms with Crippen molar-refractivity contribution in [2.24, 2.45) is 16.8 Å². The summed E-state index contributed by atoms with van der Waals surface area (Å²) in [5.41, 5.74) is 0.881. The predicted octanol–water partition coefficient (Wildman–Crippen LogP) is 7.39. The van der Waals surface area contributed by atoms with Gasteiger partial charge in [-0.25, -0.2) is 0 Å². The Balaban J connectivity index is 1.18. The molecular weight excluding hydrogens is 504 g/mol. The highest BCUT2D eigenvalue weighted by Gasteiger charge is 2.45. The molecule has 4 aliphatic rings. The van der Waals surface area contributed by atoms with Crippen LogP contribution in [0.15, 0.2) is 77.0 Å². The third kappa shape index (κ3) is 5.43. The van der Waals surface area contributed by atoms with E-state index in [4.69, 9.17) is 0 Å². The van der Waals surface area contributed by atoms with Gasteiger partial charge in [-0.05, 0) is 73.8 Å². The molecule has 1 aromatic carbocycles. The highest BCUT2D eigenvalue weighted by atomic mass is 19.4. The Bertz CT molecular complexity index is 1160. The second-order valence-electron chi connectivity index (χ2n) is 10.4. The van der Waals surface area contributed by atoms with Crippen molar-refractivity contribution in [1.29, 1.82) is 0 Å². The molecule has 9 heteroatoms. The van der Waals surface area contributed by atoms with Crippen LogP contribution in [-0.4, -0.2) is 48.3 Å². The van der Waals surface area contributed by atoms with E-state index in [1.165, 1.54) is 18.2 Å². The number of benzene rings is 1. The first-order valence-corrected chi connectivity index (χ1v) is 13.2. The maximum absolute atomic E-state index is 13.5. The largest absolute Gasteiger partial charge is 0.419 e. The van der Waals surface area contributed by atoms with Gasteiger partial charge < -0.3 is 9.80 Å². The number of amidine groups is 1. The van der Waals surface area contributed by atoms with Crippen molar-refractivity contribution in [2.45, 2.75) is 63.5 Å². The maximum Gasteiger partial charge on any atom is 0.419 e. The molecule has 3 unspecified atom stereocenters. The average molecular weight is 536 g/mol. The van der Waals surface area contributed by atoms with Crippen LogP contribution in [0.25, 0.3) is 0 Å². The van der Waals surface area contributed by atoms with Crippen molar-refractivity contribution >= 4 is 11.5 Å². The number of aliphatic imine (C=N–C) groups is 1. The van der Waals surface area contributed by atoms with Gasteiger partial charge in [0.2, 0.25) is 0 Å². The first-order valence-electron chi connectivity index (χ1n) is 13.2. The number of hydrogen-bond donors (Lipinski definition) is 0. The van der Waals surface area contributed by atoms with E-state index in [1.54, 1.807) is 17.2 Å². The summed E-state index contributed by atoms with van der Waals surface area (Å²) in [6.07, 6.45) is 3.27. The van der Waals surface area contributed by atoms with Gasteiger partial charge >= 0.3 is 12.4 Å². The lowest BCUT2D eigenvalue weighted by atomic mass is 9.79. The fourth-order valence-electron chi connectivity index (χ4n) is 6.03. The number of hydrogen-bond acceptors (Lipinski definition) is 3. The highest BCUT2D eigenvalue weighted by molar-refractivity contribution is 6.02. The Morgan fingerprint density at radius 3 is 2.26 bits per heavy atom. The summed E-state index contributed by atoms with van der Waals surface area (Å²) >= 11 is 0. The van der Waals surface area contributed by atoms with E-state index in [9.17, 15) is 26.3 Å². The lowest BCUT2D eigenvalue weighted by molar-refractivity contribution is -0.0891. The fourth-order valence-corrected chi connectivity index (χ4v) is 6.03. The van der Waals surface area contributed by atoms with Crippen molar-refractivity contribution in [2.75, 3.05) is 18.0 Å². The van der Waals surface area contributed by atoms with Crippen LogP contribution in [0.4, 0.5) is 32.0 Å². The number of halogens is 6. The molecule has 0 radical (unpaired) electrons. The summed E-state index contributed by atoms with van der Waals surface area (Å²) in [6, 6.07) is 7.79. The fraction of sp³-hybridized carbons (Fsp3) is 0.483. The van der Waals surface area contributed by atoms with Crippen LogP contribution in [0.5, 0.6) is 0 Å². The summed E-state index contributed by atoms with van der Waals surface area (Å²) < 4.78 is 79.2. The minimum absolute atomic E-state index is 0.00859. The number of alkyl halides is 6. The topological polar surface area (TPSA) is 18.8 Å². The molecule has 1 aliphatic carbocycles. The van der Waals surface area contributed by atoms with Gasteiger partial charge in [0, 0.05) is 25.0 Å². The summed E-state index contributed by atoms with van der Waals surface area (Å²) in [7, 11) is 0. The van der Waals surface area contributed by atoms with Crippen molar-refractivity contribution in [3.8, 4) is 0 Å². The van der Waals surface area contributed by atoms with Gasteiger partial charge in [0.15, 0.2) is 0 Å². The van der Waals surface area contributed by atoms with Gasteiger partial charge in [-0.15, -0.1) is 0 Å². The monoisotopic (exact) mass is 535 g/mol. The molecular formula is C29H31F6N3. The van der Waals surface area contributed by atoms with Gasteiger partial charge in [0.1, 0.15) is 5.84 Å². The zero-order chi connectivity index (χ0) is 27.1. The van der Waals surface area contributed by atoms with Crippen LogP contribution in [-0.2, 0) is 6.42 Å². The number of anilines is 1. The Morgan fingerprint density at radius 1 is 0.974 bits per heavy atom. The Morgan fingerprint density at radius 2 is 1.68 bits per heavy atom. The van der Waals surface area contributed by atoms with Crippen LogP contribution in [0, 0.1) is 11.8 Å². The van der Waals surface area contributed by atoms with Crippen LogP contribution in [0.3, 0.4) is 0 Å². The van der Waals surface area contributed by atoms with Gasteiger partial charge in [-0.3, -0.25) is 4.99 Å². The second kappa shape index (κ2) is 10.3. The lowest BCUT2D eigenvalue weighted by Crippen LogP contribution is -2.41. The van der Waals surface area contributed by atoms with Crippen LogP contribution in [0.2, 0.25) is 0 Å². The molecule has 1 saturated heterocycles. The number of nitrogens with zero attached hydrogens (tertiary/aromatic N) is 3. The molecule has 38 heavy (non-hydrogen) atoms. The molecule has 0 aromatic heterocycles. The average Bonchev–Trinajstić information content (AvgIpc) is 3.25. The van der Waals surface area contributed by atoms with E-state index in [2.05, 4.69) is 22.0 Å². The number of piperidine rings is 1. The summed E-state index contributed by atoms with van der Waals surface area (Å²) in [6.45, 7) is 3.63. The number of fused-ring (bicyclic) bond motifs is 1. The first-order chi connectivity index (χ1) is 18.0. The zero-order valence-electron chi connectivity index (χ0n) is 21.1. The Hall–Kier alpha value is -2.97. The molecule has 0 N–H and O–H groups in total. The standard InChI is InChI=1S/C29H31F6N3/c1-2-25-26(38-15-3-4-24(27(38)36-25)29(33,34)35)18-19-5-11-23(12-6-19)37-16-13-21(14-17-37)20-7-9-22(10-8-20)28(30,31)32/h3-7,9-12,15,20-21,25-26H,2,8,13-14,16-18H2,1H3. The smallest absolute Gasteiger partial charge is 0.372 e. The van der Waals surface area contributed by atoms with Crippen LogP contribution in [0.1, 0.15) is 38.2 Å². The summed E-state index contributed by atoms with van der Waals surface area (Å²) in [5.74, 6) is 0.519. The summed E-state index contributed by atoms with van der Waals surface area (Å²) in [4.78, 5) is 8.40. The molecule has 3 aliphatic heterocycles. The molecule has 0 spiro atoms. The molecule has 1 aromatic rings. The Kier molecular flexibility index (Phi) is 7.22. The van der Waals surface area contributed by atoms with Gasteiger partial charge in [0.05, 0.1) is 23.2 Å². The van der Waals surface area contributed by atoms with Gasteiger partial charge in [-0.2, -0.15) is 26.3 Å². The van der Waals surface area contributed by atoms with Crippen molar-refractivity contribution in [3.63, 3.8) is 0 Å². The first kappa shape index (κ1) is 26.6. The molecule has 3 atom stereocenters. The lowest BCUT2D eigenvalue weighted by Gasteiger charge is -2.37. The minimum atomic E-state index is -4.44. The molecule has 3 nitrogen and oxygen atoms in total. The summed E-state index contributed by atoms with van der Waals surface area (Å²) in [5, 5.41) is 0. The van der Waals surface area contributed by atoms with Crippen molar-refractivity contribution < 1.29 is 26.3 Å². The van der Waals surface area contributed by atoms with E-state index >= 15 is 0 Å².